The quantitative estimate of drug-likeness (QED) is 0.0261. The van der Waals surface area contributed by atoms with Crippen molar-refractivity contribution in [1.82, 2.24) is 0 Å². The van der Waals surface area contributed by atoms with Crippen LogP contribution in [-0.4, -0.2) is 37.2 Å². The predicted molar refractivity (Wildman–Crippen MR) is 362 cm³/mol. The lowest BCUT2D eigenvalue weighted by atomic mass is 10.0. The molecule has 0 aromatic rings. The van der Waals surface area contributed by atoms with Crippen molar-refractivity contribution in [2.24, 2.45) is 0 Å². The third kappa shape index (κ3) is 67.7. The molecule has 1 unspecified atom stereocenters. The Bertz CT molecular complexity index is 1840. The van der Waals surface area contributed by atoms with Crippen molar-refractivity contribution in [3.63, 3.8) is 0 Å². The van der Waals surface area contributed by atoms with Crippen LogP contribution >= 0.6 is 0 Å². The molecule has 0 fully saturated rings. The fourth-order valence-corrected chi connectivity index (χ4v) is 8.98. The van der Waals surface area contributed by atoms with Crippen LogP contribution in [0.25, 0.3) is 0 Å². The van der Waals surface area contributed by atoms with Gasteiger partial charge < -0.3 is 14.2 Å². The lowest BCUT2D eigenvalue weighted by Gasteiger charge is -2.18. The Morgan fingerprint density at radius 1 is 0.253 bits per heavy atom. The van der Waals surface area contributed by atoms with Gasteiger partial charge in [0.25, 0.3) is 0 Å². The van der Waals surface area contributed by atoms with Gasteiger partial charge in [-0.05, 0) is 141 Å². The van der Waals surface area contributed by atoms with Gasteiger partial charge in [0, 0.05) is 19.3 Å². The van der Waals surface area contributed by atoms with Crippen LogP contribution in [-0.2, 0) is 28.6 Å². The average molecular weight is 1150 g/mol. The zero-order valence-corrected chi connectivity index (χ0v) is 53.7. The number of carbonyl (C=O) groups is 3. The number of hydrogen-bond acceptors (Lipinski definition) is 6. The molecule has 0 bridgehead atoms. The first-order valence-electron chi connectivity index (χ1n) is 34.0. The molecule has 0 aliphatic heterocycles. The van der Waals surface area contributed by atoms with Gasteiger partial charge >= 0.3 is 17.9 Å². The normalized spacial score (nSPS) is 13.1. The van der Waals surface area contributed by atoms with Crippen LogP contribution in [0.2, 0.25) is 0 Å². The standard InChI is InChI=1S/C77H124O6/c1-4-7-10-13-16-19-22-25-27-29-31-32-33-34-35-36-37-38-39-40-41-42-43-44-46-47-49-52-55-58-61-64-67-70-76(79)82-73-74(72-81-75(78)69-66-63-60-57-54-51-24-21-18-15-12-9-6-3)83-77(80)71-68-65-62-59-56-53-50-48-45-30-28-26-23-20-17-14-11-8-5-2/h7-8,10-12,15-17,19-21,24-28,31-32,34-35,37-38,45,48,53,56,74H,4-6,9,13-14,18,22-23,29-30,33,36,39-44,46-47,49-52,54-55,57-73H2,1-3H3/b10-7-,11-8-,15-12-,19-16-,20-17-,24-21-,27-25-,28-26-,32-31-,35-34-,38-37-,48-45-,56-53-. The van der Waals surface area contributed by atoms with E-state index in [-0.39, 0.29) is 37.5 Å². The highest BCUT2D eigenvalue weighted by Gasteiger charge is 2.19. The molecule has 0 amide bonds. The summed E-state index contributed by atoms with van der Waals surface area (Å²) in [7, 11) is 0. The van der Waals surface area contributed by atoms with E-state index in [1.165, 1.54) is 83.5 Å². The lowest BCUT2D eigenvalue weighted by molar-refractivity contribution is -0.167. The zero-order valence-electron chi connectivity index (χ0n) is 53.7. The van der Waals surface area contributed by atoms with Gasteiger partial charge in [0.05, 0.1) is 0 Å². The second-order valence-corrected chi connectivity index (χ2v) is 22.0. The summed E-state index contributed by atoms with van der Waals surface area (Å²) >= 11 is 0. The number of ether oxygens (including phenoxy) is 3. The molecule has 0 radical (unpaired) electrons. The van der Waals surface area contributed by atoms with Gasteiger partial charge in [-0.15, -0.1) is 0 Å². The van der Waals surface area contributed by atoms with Gasteiger partial charge in [0.15, 0.2) is 6.10 Å². The minimum absolute atomic E-state index is 0.101. The Labute approximate surface area is 511 Å². The largest absolute Gasteiger partial charge is 0.462 e. The average Bonchev–Trinajstić information content (AvgIpc) is 3.49. The van der Waals surface area contributed by atoms with Crippen molar-refractivity contribution in [2.45, 2.75) is 297 Å². The van der Waals surface area contributed by atoms with Crippen LogP contribution in [0.4, 0.5) is 0 Å². The number of rotatable bonds is 60. The molecule has 0 rings (SSSR count). The van der Waals surface area contributed by atoms with E-state index >= 15 is 0 Å². The van der Waals surface area contributed by atoms with Crippen LogP contribution in [0.5, 0.6) is 0 Å². The maximum atomic E-state index is 12.9. The Morgan fingerprint density at radius 2 is 0.470 bits per heavy atom. The summed E-state index contributed by atoms with van der Waals surface area (Å²) < 4.78 is 16.9. The number of hydrogen-bond donors (Lipinski definition) is 0. The highest BCUT2D eigenvalue weighted by atomic mass is 16.6. The molecule has 0 aliphatic rings. The molecular formula is C77H124O6. The van der Waals surface area contributed by atoms with E-state index in [0.717, 1.165) is 167 Å². The van der Waals surface area contributed by atoms with Crippen molar-refractivity contribution < 1.29 is 28.6 Å². The first-order chi connectivity index (χ1) is 41.0. The highest BCUT2D eigenvalue weighted by molar-refractivity contribution is 5.71. The van der Waals surface area contributed by atoms with E-state index in [1.54, 1.807) is 0 Å². The van der Waals surface area contributed by atoms with Gasteiger partial charge in [0.2, 0.25) is 0 Å². The maximum absolute atomic E-state index is 12.9. The van der Waals surface area contributed by atoms with Crippen LogP contribution in [0.1, 0.15) is 290 Å². The van der Waals surface area contributed by atoms with E-state index < -0.39 is 6.10 Å². The molecule has 0 aliphatic carbocycles. The van der Waals surface area contributed by atoms with Crippen molar-refractivity contribution >= 4 is 17.9 Å². The molecular weight excluding hydrogens is 1020 g/mol. The molecule has 0 aromatic carbocycles. The van der Waals surface area contributed by atoms with Crippen LogP contribution in [0.15, 0.2) is 158 Å². The van der Waals surface area contributed by atoms with Crippen molar-refractivity contribution in [1.29, 1.82) is 0 Å². The third-order valence-electron chi connectivity index (χ3n) is 14.0. The molecule has 6 heteroatoms. The smallest absolute Gasteiger partial charge is 0.306 e. The molecule has 1 atom stereocenters. The number of carbonyl (C=O) groups excluding carboxylic acids is 3. The van der Waals surface area contributed by atoms with E-state index in [4.69, 9.17) is 14.2 Å². The highest BCUT2D eigenvalue weighted by Crippen LogP contribution is 2.16. The van der Waals surface area contributed by atoms with Gasteiger partial charge in [-0.1, -0.05) is 288 Å². The van der Waals surface area contributed by atoms with Gasteiger partial charge in [0.1, 0.15) is 13.2 Å². The predicted octanol–water partition coefficient (Wildman–Crippen LogP) is 23.7. The zero-order chi connectivity index (χ0) is 59.9. The second-order valence-electron chi connectivity index (χ2n) is 22.0. The van der Waals surface area contributed by atoms with Gasteiger partial charge in [-0.2, -0.15) is 0 Å². The van der Waals surface area contributed by atoms with Crippen LogP contribution in [0, 0.1) is 0 Å². The van der Waals surface area contributed by atoms with Crippen molar-refractivity contribution in [3.8, 4) is 0 Å². The van der Waals surface area contributed by atoms with Crippen LogP contribution in [0.3, 0.4) is 0 Å². The van der Waals surface area contributed by atoms with E-state index in [0.29, 0.717) is 12.8 Å². The Kier molecular flexibility index (Phi) is 65.4. The summed E-state index contributed by atoms with van der Waals surface area (Å²) in [5.41, 5.74) is 0. The number of unbranched alkanes of at least 4 members (excludes halogenated alkanes) is 23. The monoisotopic (exact) mass is 1140 g/mol. The molecule has 0 N–H and O–H groups in total. The van der Waals surface area contributed by atoms with Crippen molar-refractivity contribution in [3.05, 3.63) is 158 Å². The molecule has 0 saturated heterocycles. The summed E-state index contributed by atoms with van der Waals surface area (Å²) in [4.78, 5) is 38.3. The molecule has 0 heterocycles. The summed E-state index contributed by atoms with van der Waals surface area (Å²) in [6.45, 7) is 6.31. The molecule has 0 spiro atoms. The second kappa shape index (κ2) is 69.5. The van der Waals surface area contributed by atoms with E-state index in [2.05, 4.69) is 179 Å². The first-order valence-corrected chi connectivity index (χ1v) is 34.0. The van der Waals surface area contributed by atoms with Crippen LogP contribution < -0.4 is 0 Å². The molecule has 83 heavy (non-hydrogen) atoms. The summed E-state index contributed by atoms with van der Waals surface area (Å²) in [6.07, 6.45) is 101. The first kappa shape index (κ1) is 78.0. The molecule has 6 nitrogen and oxygen atoms in total. The third-order valence-corrected chi connectivity index (χ3v) is 14.0. The molecule has 468 valence electrons. The maximum Gasteiger partial charge on any atom is 0.306 e. The Hall–Kier alpha value is -4.97. The van der Waals surface area contributed by atoms with E-state index in [9.17, 15) is 14.4 Å². The number of esters is 3. The topological polar surface area (TPSA) is 78.9 Å². The van der Waals surface area contributed by atoms with Crippen molar-refractivity contribution in [2.75, 3.05) is 13.2 Å². The van der Waals surface area contributed by atoms with E-state index in [1.807, 2.05) is 0 Å². The Morgan fingerprint density at radius 3 is 0.747 bits per heavy atom. The van der Waals surface area contributed by atoms with Gasteiger partial charge in [-0.25, -0.2) is 0 Å². The molecule has 0 saturated carbocycles. The fraction of sp³-hybridized carbons (Fsp3) is 0.623. The minimum atomic E-state index is -0.809. The minimum Gasteiger partial charge on any atom is -0.462 e. The summed E-state index contributed by atoms with van der Waals surface area (Å²) in [5.74, 6) is -0.948. The summed E-state index contributed by atoms with van der Waals surface area (Å²) in [5, 5.41) is 0. The van der Waals surface area contributed by atoms with Gasteiger partial charge in [-0.3, -0.25) is 14.4 Å². The lowest BCUT2D eigenvalue weighted by Crippen LogP contribution is -2.30. The SMILES string of the molecule is CC/C=C\C/C=C\C/C=C\C/C=C\C/C=C\C/C=C\CCCCCCCCCCCCCCCCC(=O)OCC(COC(=O)CCCCCCC/C=C\C/C=C\CCC)OC(=O)CCCCC/C=C\C/C=C\C/C=C\C/C=C\C/C=C\CC. The summed E-state index contributed by atoms with van der Waals surface area (Å²) in [6, 6.07) is 0. The number of allylic oxidation sites excluding steroid dienone is 26. The Balaban J connectivity index is 4.29. The molecule has 0 aromatic heterocycles. The fourth-order valence-electron chi connectivity index (χ4n) is 8.98.